The van der Waals surface area contributed by atoms with Crippen molar-refractivity contribution in [1.29, 1.82) is 0 Å². The van der Waals surface area contributed by atoms with Crippen LogP contribution in [0.4, 0.5) is 5.69 Å². The SMILES string of the molecule is COC[C@@H](O)CN(C)[C@@H]1CCCN(c2ccccc2)C1. The molecule has 0 amide bonds. The molecule has 1 aliphatic heterocycles. The van der Waals surface area contributed by atoms with Gasteiger partial charge in [-0.25, -0.2) is 0 Å². The first-order chi connectivity index (χ1) is 9.70. The number of para-hydroxylation sites is 1. The Morgan fingerprint density at radius 2 is 2.15 bits per heavy atom. The standard InChI is InChI=1S/C16H26N2O2/c1-17(12-16(19)13-20-2)15-9-6-10-18(11-15)14-7-4-3-5-8-14/h3-5,7-8,15-16,19H,6,9-13H2,1-2H3/t15-,16+/m1/s1. The van der Waals surface area contributed by atoms with Gasteiger partial charge in [0.2, 0.25) is 0 Å². The minimum atomic E-state index is -0.405. The van der Waals surface area contributed by atoms with E-state index in [0.717, 1.165) is 13.1 Å². The number of rotatable bonds is 6. The van der Waals surface area contributed by atoms with Crippen molar-refractivity contribution in [2.75, 3.05) is 45.3 Å². The van der Waals surface area contributed by atoms with Crippen LogP contribution in [0.2, 0.25) is 0 Å². The summed E-state index contributed by atoms with van der Waals surface area (Å²) in [6.45, 7) is 3.22. The minimum absolute atomic E-state index is 0.402. The van der Waals surface area contributed by atoms with Gasteiger partial charge < -0.3 is 14.7 Å². The molecule has 1 heterocycles. The van der Waals surface area contributed by atoms with E-state index in [9.17, 15) is 5.11 Å². The predicted molar refractivity (Wildman–Crippen MR) is 82.2 cm³/mol. The molecule has 0 spiro atoms. The second-order valence-corrected chi connectivity index (χ2v) is 5.63. The second kappa shape index (κ2) is 7.62. The second-order valence-electron chi connectivity index (χ2n) is 5.63. The van der Waals surface area contributed by atoms with Crippen molar-refractivity contribution in [3.8, 4) is 0 Å². The highest BCUT2D eigenvalue weighted by Gasteiger charge is 2.24. The number of methoxy groups -OCH3 is 1. The lowest BCUT2D eigenvalue weighted by molar-refractivity contribution is 0.0326. The molecule has 1 aromatic rings. The van der Waals surface area contributed by atoms with E-state index in [0.29, 0.717) is 19.2 Å². The Hall–Kier alpha value is -1.10. The van der Waals surface area contributed by atoms with Gasteiger partial charge in [-0.1, -0.05) is 18.2 Å². The number of hydrogen-bond acceptors (Lipinski definition) is 4. The van der Waals surface area contributed by atoms with E-state index in [1.807, 2.05) is 0 Å². The molecule has 20 heavy (non-hydrogen) atoms. The van der Waals surface area contributed by atoms with Crippen molar-refractivity contribution >= 4 is 5.69 Å². The fourth-order valence-corrected chi connectivity index (χ4v) is 2.91. The van der Waals surface area contributed by atoms with Crippen molar-refractivity contribution in [3.05, 3.63) is 30.3 Å². The van der Waals surface area contributed by atoms with Gasteiger partial charge in [0.1, 0.15) is 0 Å². The van der Waals surface area contributed by atoms with E-state index >= 15 is 0 Å². The number of aliphatic hydroxyl groups is 1. The van der Waals surface area contributed by atoms with Gasteiger partial charge in [-0.3, -0.25) is 4.90 Å². The number of nitrogens with zero attached hydrogens (tertiary/aromatic N) is 2. The third-order valence-corrected chi connectivity index (χ3v) is 4.00. The molecule has 0 aliphatic carbocycles. The van der Waals surface area contributed by atoms with Crippen molar-refractivity contribution in [2.24, 2.45) is 0 Å². The van der Waals surface area contributed by atoms with Gasteiger partial charge in [-0.15, -0.1) is 0 Å². The van der Waals surface area contributed by atoms with E-state index < -0.39 is 6.10 Å². The van der Waals surface area contributed by atoms with Crippen LogP contribution in [0.15, 0.2) is 30.3 Å². The van der Waals surface area contributed by atoms with Crippen LogP contribution in [-0.2, 0) is 4.74 Å². The zero-order valence-corrected chi connectivity index (χ0v) is 12.5. The van der Waals surface area contributed by atoms with Gasteiger partial charge >= 0.3 is 0 Å². The monoisotopic (exact) mass is 278 g/mol. The van der Waals surface area contributed by atoms with Crippen LogP contribution < -0.4 is 4.90 Å². The highest BCUT2D eigenvalue weighted by atomic mass is 16.5. The van der Waals surface area contributed by atoms with E-state index in [-0.39, 0.29) is 0 Å². The summed E-state index contributed by atoms with van der Waals surface area (Å²) < 4.78 is 5.00. The van der Waals surface area contributed by atoms with Gasteiger partial charge in [0.25, 0.3) is 0 Å². The summed E-state index contributed by atoms with van der Waals surface area (Å²) in [7, 11) is 3.72. The maximum absolute atomic E-state index is 9.85. The van der Waals surface area contributed by atoms with Gasteiger partial charge in [0.15, 0.2) is 0 Å². The van der Waals surface area contributed by atoms with E-state index in [1.165, 1.54) is 18.5 Å². The molecule has 112 valence electrons. The first-order valence-electron chi connectivity index (χ1n) is 7.38. The van der Waals surface area contributed by atoms with Gasteiger partial charge in [0.05, 0.1) is 12.7 Å². The van der Waals surface area contributed by atoms with Crippen molar-refractivity contribution in [2.45, 2.75) is 25.0 Å². The first-order valence-corrected chi connectivity index (χ1v) is 7.38. The third kappa shape index (κ3) is 4.20. The molecule has 0 bridgehead atoms. The minimum Gasteiger partial charge on any atom is -0.389 e. The molecule has 1 fully saturated rings. The van der Waals surface area contributed by atoms with Gasteiger partial charge in [0, 0.05) is 38.5 Å². The molecule has 1 N–H and O–H groups in total. The fraction of sp³-hybridized carbons (Fsp3) is 0.625. The summed E-state index contributed by atoms with van der Waals surface area (Å²) in [5.74, 6) is 0. The normalized spacial score (nSPS) is 21.2. The fourth-order valence-electron chi connectivity index (χ4n) is 2.91. The number of likely N-dealkylation sites (N-methyl/N-ethyl adjacent to an activating group) is 1. The first kappa shape index (κ1) is 15.3. The highest BCUT2D eigenvalue weighted by molar-refractivity contribution is 5.46. The van der Waals surface area contributed by atoms with Crippen molar-refractivity contribution < 1.29 is 9.84 Å². The lowest BCUT2D eigenvalue weighted by Crippen LogP contribution is -2.49. The molecule has 1 aliphatic rings. The maximum atomic E-state index is 9.85. The smallest absolute Gasteiger partial charge is 0.0900 e. The Kier molecular flexibility index (Phi) is 5.83. The summed E-state index contributed by atoms with van der Waals surface area (Å²) in [4.78, 5) is 4.70. The van der Waals surface area contributed by atoms with Crippen LogP contribution in [0.3, 0.4) is 0 Å². The summed E-state index contributed by atoms with van der Waals surface area (Å²) >= 11 is 0. The Morgan fingerprint density at radius 3 is 2.85 bits per heavy atom. The topological polar surface area (TPSA) is 35.9 Å². The molecule has 1 aromatic carbocycles. The van der Waals surface area contributed by atoms with Crippen molar-refractivity contribution in [1.82, 2.24) is 4.90 Å². The van der Waals surface area contributed by atoms with Crippen LogP contribution >= 0.6 is 0 Å². The van der Waals surface area contributed by atoms with Gasteiger partial charge in [-0.05, 0) is 32.0 Å². The number of aliphatic hydroxyl groups excluding tert-OH is 1. The summed E-state index contributed by atoms with van der Waals surface area (Å²) in [5.41, 5.74) is 1.29. The Bertz CT molecular complexity index is 385. The van der Waals surface area contributed by atoms with Gasteiger partial charge in [-0.2, -0.15) is 0 Å². The van der Waals surface area contributed by atoms with E-state index in [2.05, 4.69) is 47.2 Å². The van der Waals surface area contributed by atoms with Crippen LogP contribution in [0.5, 0.6) is 0 Å². The largest absolute Gasteiger partial charge is 0.389 e. The molecule has 4 heteroatoms. The molecular formula is C16H26N2O2. The predicted octanol–water partition coefficient (Wildman–Crippen LogP) is 1.59. The van der Waals surface area contributed by atoms with Crippen LogP contribution in [0, 0.1) is 0 Å². The van der Waals surface area contributed by atoms with E-state index in [4.69, 9.17) is 4.74 Å². The Labute approximate surface area is 122 Å². The molecule has 0 radical (unpaired) electrons. The molecule has 1 saturated heterocycles. The average Bonchev–Trinajstić information content (AvgIpc) is 2.48. The third-order valence-electron chi connectivity index (χ3n) is 4.00. The number of benzene rings is 1. The molecular weight excluding hydrogens is 252 g/mol. The lowest BCUT2D eigenvalue weighted by atomic mass is 10.0. The highest BCUT2D eigenvalue weighted by Crippen LogP contribution is 2.21. The number of piperidine rings is 1. The molecule has 0 saturated carbocycles. The summed E-state index contributed by atoms with van der Waals surface area (Å²) in [5, 5.41) is 9.85. The molecule has 4 nitrogen and oxygen atoms in total. The quantitative estimate of drug-likeness (QED) is 0.857. The molecule has 2 rings (SSSR count). The number of hydrogen-bond donors (Lipinski definition) is 1. The number of anilines is 1. The maximum Gasteiger partial charge on any atom is 0.0900 e. The number of ether oxygens (including phenoxy) is 1. The zero-order valence-electron chi connectivity index (χ0n) is 12.5. The molecule has 0 aromatic heterocycles. The zero-order chi connectivity index (χ0) is 14.4. The van der Waals surface area contributed by atoms with E-state index in [1.54, 1.807) is 7.11 Å². The Morgan fingerprint density at radius 1 is 1.40 bits per heavy atom. The van der Waals surface area contributed by atoms with Crippen LogP contribution in [0.1, 0.15) is 12.8 Å². The molecule has 2 atom stereocenters. The van der Waals surface area contributed by atoms with Crippen LogP contribution in [0.25, 0.3) is 0 Å². The lowest BCUT2D eigenvalue weighted by Gasteiger charge is -2.39. The summed E-state index contributed by atoms with van der Waals surface area (Å²) in [6.07, 6.45) is 1.99. The average molecular weight is 278 g/mol. The van der Waals surface area contributed by atoms with Crippen molar-refractivity contribution in [3.63, 3.8) is 0 Å². The Balaban J connectivity index is 1.90. The summed E-state index contributed by atoms with van der Waals surface area (Å²) in [6, 6.07) is 11.1. The van der Waals surface area contributed by atoms with Crippen LogP contribution in [-0.4, -0.2) is 62.6 Å². The molecule has 0 unspecified atom stereocenters.